The minimum atomic E-state index is -0.324. The highest BCUT2D eigenvalue weighted by molar-refractivity contribution is 5.85. The number of nitrogens with one attached hydrogen (secondary N) is 1. The lowest BCUT2D eigenvalue weighted by Crippen LogP contribution is -2.54. The van der Waals surface area contributed by atoms with Gasteiger partial charge < -0.3 is 16.0 Å². The molecule has 0 aromatic heterocycles. The molecule has 0 saturated heterocycles. The van der Waals surface area contributed by atoms with Crippen LogP contribution in [0.15, 0.2) is 0 Å². The lowest BCUT2D eigenvalue weighted by Gasteiger charge is -2.37. The van der Waals surface area contributed by atoms with E-state index < -0.39 is 0 Å². The van der Waals surface area contributed by atoms with E-state index in [-0.39, 0.29) is 42.2 Å². The second-order valence-electron chi connectivity index (χ2n) is 6.92. The number of nitrogens with two attached hydrogens (primary N) is 1. The Morgan fingerprint density at radius 1 is 1.29 bits per heavy atom. The molecule has 4 nitrogen and oxygen atoms in total. The van der Waals surface area contributed by atoms with E-state index in [0.29, 0.717) is 6.04 Å². The zero-order valence-corrected chi connectivity index (χ0v) is 15.1. The highest BCUT2D eigenvalue weighted by atomic mass is 35.5. The van der Waals surface area contributed by atoms with E-state index in [1.807, 2.05) is 6.92 Å². The fourth-order valence-electron chi connectivity index (χ4n) is 3.37. The second-order valence-corrected chi connectivity index (χ2v) is 6.92. The Kier molecular flexibility index (Phi) is 8.55. The summed E-state index contributed by atoms with van der Waals surface area (Å²) in [5, 5.41) is 3.15. The molecule has 0 radical (unpaired) electrons. The van der Waals surface area contributed by atoms with Crippen LogP contribution in [0, 0.1) is 11.8 Å². The number of hydrogen-bond acceptors (Lipinski definition) is 3. The maximum Gasteiger partial charge on any atom is 0.225 e. The molecule has 3 atom stereocenters. The molecule has 2 rings (SSSR count). The summed E-state index contributed by atoms with van der Waals surface area (Å²) in [5.74, 6) is 0.923. The molecule has 1 amide bonds. The fourth-order valence-corrected chi connectivity index (χ4v) is 3.37. The van der Waals surface area contributed by atoms with Crippen LogP contribution in [0.2, 0.25) is 0 Å². The van der Waals surface area contributed by atoms with Crippen LogP contribution in [0.5, 0.6) is 0 Å². The van der Waals surface area contributed by atoms with Crippen LogP contribution < -0.4 is 11.1 Å². The molecule has 0 aromatic carbocycles. The van der Waals surface area contributed by atoms with Crippen LogP contribution in [0.25, 0.3) is 0 Å². The van der Waals surface area contributed by atoms with E-state index in [4.69, 9.17) is 5.73 Å². The largest absolute Gasteiger partial charge is 0.354 e. The van der Waals surface area contributed by atoms with E-state index in [0.717, 1.165) is 38.1 Å². The molecule has 0 heterocycles. The van der Waals surface area contributed by atoms with Crippen molar-refractivity contribution < 1.29 is 4.79 Å². The minimum Gasteiger partial charge on any atom is -0.354 e. The smallest absolute Gasteiger partial charge is 0.225 e. The zero-order chi connectivity index (χ0) is 14.0. The first kappa shape index (κ1) is 21.0. The summed E-state index contributed by atoms with van der Waals surface area (Å²) in [6.07, 6.45) is 6.79. The molecule has 0 bridgehead atoms. The molecule has 0 spiro atoms. The van der Waals surface area contributed by atoms with Gasteiger partial charge in [0.25, 0.3) is 0 Å². The predicted molar refractivity (Wildman–Crippen MR) is 92.3 cm³/mol. The molecule has 6 heteroatoms. The van der Waals surface area contributed by atoms with Crippen molar-refractivity contribution in [2.45, 2.75) is 57.0 Å². The summed E-state index contributed by atoms with van der Waals surface area (Å²) in [4.78, 5) is 14.6. The Bertz CT molecular complexity index is 331. The number of carbonyl (C=O) groups is 1. The van der Waals surface area contributed by atoms with Gasteiger partial charge in [-0.2, -0.15) is 0 Å². The van der Waals surface area contributed by atoms with E-state index in [1.54, 1.807) is 0 Å². The summed E-state index contributed by atoms with van der Waals surface area (Å²) >= 11 is 0. The standard InChI is InChI=1S/C15H29N3O.2ClH/c1-15(16)9-5-4-6-12(15)14(19)17-10-13(18(2)3)11-7-8-11;;/h11-13H,4-10,16H2,1-3H3,(H,17,19);2*1H. The van der Waals surface area contributed by atoms with E-state index in [1.165, 1.54) is 12.8 Å². The van der Waals surface area contributed by atoms with Crippen LogP contribution in [0.1, 0.15) is 45.4 Å². The third kappa shape index (κ3) is 5.59. The molecule has 2 aliphatic rings. The quantitative estimate of drug-likeness (QED) is 0.807. The first-order valence-electron chi connectivity index (χ1n) is 7.65. The average Bonchev–Trinajstić information content (AvgIpc) is 3.12. The molecule has 3 unspecified atom stereocenters. The summed E-state index contributed by atoms with van der Waals surface area (Å²) in [6.45, 7) is 2.80. The number of rotatable bonds is 5. The van der Waals surface area contributed by atoms with Gasteiger partial charge >= 0.3 is 0 Å². The first-order chi connectivity index (χ1) is 8.92. The van der Waals surface area contributed by atoms with Gasteiger partial charge in [0.05, 0.1) is 5.92 Å². The molecule has 2 aliphatic carbocycles. The zero-order valence-electron chi connectivity index (χ0n) is 13.4. The molecule has 3 N–H and O–H groups in total. The molecule has 126 valence electrons. The predicted octanol–water partition coefficient (Wildman–Crippen LogP) is 2.19. The Balaban J connectivity index is 0.00000200. The number of halogens is 2. The maximum absolute atomic E-state index is 12.4. The Morgan fingerprint density at radius 3 is 2.38 bits per heavy atom. The van der Waals surface area contributed by atoms with Crippen LogP contribution in [0.4, 0.5) is 0 Å². The molecule has 21 heavy (non-hydrogen) atoms. The van der Waals surface area contributed by atoms with Crippen LogP contribution in [0.3, 0.4) is 0 Å². The number of carbonyl (C=O) groups excluding carboxylic acids is 1. The fraction of sp³-hybridized carbons (Fsp3) is 0.933. The molecule has 2 fully saturated rings. The third-order valence-electron chi connectivity index (χ3n) is 4.89. The maximum atomic E-state index is 12.4. The number of nitrogens with zero attached hydrogens (tertiary/aromatic N) is 1. The number of hydrogen-bond donors (Lipinski definition) is 2. The van der Waals surface area contributed by atoms with Crippen molar-refractivity contribution in [3.63, 3.8) is 0 Å². The first-order valence-corrected chi connectivity index (χ1v) is 7.65. The molecule has 2 saturated carbocycles. The van der Waals surface area contributed by atoms with Gasteiger partial charge in [0, 0.05) is 18.1 Å². The highest BCUT2D eigenvalue weighted by Gasteiger charge is 2.38. The summed E-state index contributed by atoms with van der Waals surface area (Å²) in [5.41, 5.74) is 5.97. The van der Waals surface area contributed by atoms with E-state index >= 15 is 0 Å². The van der Waals surface area contributed by atoms with Gasteiger partial charge in [-0.15, -0.1) is 24.8 Å². The summed E-state index contributed by atoms with van der Waals surface area (Å²) < 4.78 is 0. The van der Waals surface area contributed by atoms with Crippen molar-refractivity contribution in [2.24, 2.45) is 17.6 Å². The van der Waals surface area contributed by atoms with Gasteiger partial charge in [-0.3, -0.25) is 4.79 Å². The van der Waals surface area contributed by atoms with E-state index in [2.05, 4.69) is 24.3 Å². The van der Waals surface area contributed by atoms with Crippen molar-refractivity contribution >= 4 is 30.7 Å². The number of likely N-dealkylation sites (N-methyl/N-ethyl adjacent to an activating group) is 1. The third-order valence-corrected chi connectivity index (χ3v) is 4.89. The van der Waals surface area contributed by atoms with Crippen LogP contribution in [-0.4, -0.2) is 43.0 Å². The summed E-state index contributed by atoms with van der Waals surface area (Å²) in [6, 6.07) is 0.483. The normalized spacial score (nSPS) is 30.0. The van der Waals surface area contributed by atoms with E-state index in [9.17, 15) is 4.79 Å². The number of amides is 1. The van der Waals surface area contributed by atoms with Gasteiger partial charge in [0.2, 0.25) is 5.91 Å². The molecular weight excluding hydrogens is 309 g/mol. The van der Waals surface area contributed by atoms with Crippen LogP contribution in [-0.2, 0) is 4.79 Å². The Hall–Kier alpha value is -0.0300. The summed E-state index contributed by atoms with van der Waals surface area (Å²) in [7, 11) is 4.20. The monoisotopic (exact) mass is 339 g/mol. The highest BCUT2D eigenvalue weighted by Crippen LogP contribution is 2.35. The lowest BCUT2D eigenvalue weighted by molar-refractivity contribution is -0.128. The van der Waals surface area contributed by atoms with Gasteiger partial charge in [-0.1, -0.05) is 12.8 Å². The van der Waals surface area contributed by atoms with Crippen molar-refractivity contribution in [1.29, 1.82) is 0 Å². The lowest BCUT2D eigenvalue weighted by atomic mass is 9.74. The van der Waals surface area contributed by atoms with Gasteiger partial charge in [0.1, 0.15) is 0 Å². The second kappa shape index (κ2) is 8.56. The van der Waals surface area contributed by atoms with Gasteiger partial charge in [-0.25, -0.2) is 0 Å². The van der Waals surface area contributed by atoms with Crippen molar-refractivity contribution in [2.75, 3.05) is 20.6 Å². The molecule has 0 aliphatic heterocycles. The van der Waals surface area contributed by atoms with Crippen molar-refractivity contribution in [3.05, 3.63) is 0 Å². The Morgan fingerprint density at radius 2 is 1.90 bits per heavy atom. The average molecular weight is 340 g/mol. The van der Waals surface area contributed by atoms with Crippen molar-refractivity contribution in [1.82, 2.24) is 10.2 Å². The molecule has 0 aromatic rings. The Labute approximate surface area is 141 Å². The van der Waals surface area contributed by atoms with Crippen LogP contribution >= 0.6 is 24.8 Å². The van der Waals surface area contributed by atoms with Gasteiger partial charge in [0.15, 0.2) is 0 Å². The van der Waals surface area contributed by atoms with Gasteiger partial charge in [-0.05, 0) is 52.6 Å². The minimum absolute atomic E-state index is 0. The topological polar surface area (TPSA) is 58.4 Å². The van der Waals surface area contributed by atoms with Crippen molar-refractivity contribution in [3.8, 4) is 0 Å². The SMILES string of the molecule is CN(C)C(CNC(=O)C1CCCCC1(C)N)C1CC1.Cl.Cl. The molecular formula is C15H31Cl2N3O.